The lowest BCUT2D eigenvalue weighted by atomic mass is 10.1. The number of carbonyl (C=O) groups is 1. The van der Waals surface area contributed by atoms with E-state index in [1.807, 2.05) is 24.3 Å². The van der Waals surface area contributed by atoms with Crippen LogP contribution in [0.4, 0.5) is 4.39 Å². The second-order valence-electron chi connectivity index (χ2n) is 7.37. The monoisotopic (exact) mass is 419 g/mol. The third kappa shape index (κ3) is 5.35. The molecular formula is C22H26FNO4S. The van der Waals surface area contributed by atoms with Crippen LogP contribution in [0, 0.1) is 5.82 Å². The van der Waals surface area contributed by atoms with E-state index in [0.29, 0.717) is 17.7 Å². The predicted molar refractivity (Wildman–Crippen MR) is 110 cm³/mol. The topological polar surface area (TPSA) is 63.7 Å². The van der Waals surface area contributed by atoms with Crippen LogP contribution in [0.2, 0.25) is 0 Å². The molecule has 29 heavy (non-hydrogen) atoms. The summed E-state index contributed by atoms with van der Waals surface area (Å²) in [6.07, 6.45) is 0.430. The van der Waals surface area contributed by atoms with E-state index in [4.69, 9.17) is 4.74 Å². The average molecular weight is 420 g/mol. The Bertz CT molecular complexity index is 959. The lowest BCUT2D eigenvalue weighted by Gasteiger charge is -2.31. The van der Waals surface area contributed by atoms with Crippen LogP contribution in [0.5, 0.6) is 5.75 Å². The van der Waals surface area contributed by atoms with Gasteiger partial charge in [0.05, 0.1) is 11.5 Å². The largest absolute Gasteiger partial charge is 0.481 e. The van der Waals surface area contributed by atoms with Gasteiger partial charge in [-0.3, -0.25) is 4.79 Å². The summed E-state index contributed by atoms with van der Waals surface area (Å²) in [7, 11) is -3.20. The summed E-state index contributed by atoms with van der Waals surface area (Å²) in [4.78, 5) is 14.6. The number of aryl methyl sites for hydroxylation is 1. The van der Waals surface area contributed by atoms with Crippen LogP contribution < -0.4 is 4.74 Å². The first-order valence-electron chi connectivity index (χ1n) is 9.79. The molecule has 0 radical (unpaired) electrons. The van der Waals surface area contributed by atoms with Crippen LogP contribution in [0.25, 0.3) is 0 Å². The summed E-state index contributed by atoms with van der Waals surface area (Å²) in [5, 5.41) is 0. The van der Waals surface area contributed by atoms with Gasteiger partial charge in [0.15, 0.2) is 15.9 Å². The molecule has 2 unspecified atom stereocenters. The van der Waals surface area contributed by atoms with E-state index in [2.05, 4.69) is 6.92 Å². The smallest absolute Gasteiger partial charge is 0.263 e. The third-order valence-corrected chi connectivity index (χ3v) is 6.97. The van der Waals surface area contributed by atoms with Gasteiger partial charge >= 0.3 is 0 Å². The summed E-state index contributed by atoms with van der Waals surface area (Å²) < 4.78 is 43.9. The maximum Gasteiger partial charge on any atom is 0.263 e. The van der Waals surface area contributed by atoms with E-state index in [-0.39, 0.29) is 24.0 Å². The Labute approximate surface area is 171 Å². The molecule has 0 bridgehead atoms. The Kier molecular flexibility index (Phi) is 6.57. The second kappa shape index (κ2) is 8.95. The van der Waals surface area contributed by atoms with Gasteiger partial charge in [-0.05, 0) is 43.5 Å². The fraction of sp³-hybridized carbons (Fsp3) is 0.409. The van der Waals surface area contributed by atoms with Gasteiger partial charge < -0.3 is 9.64 Å². The number of sulfone groups is 1. The average Bonchev–Trinajstić information content (AvgIpc) is 3.07. The van der Waals surface area contributed by atoms with Crippen molar-refractivity contribution in [1.29, 1.82) is 0 Å². The van der Waals surface area contributed by atoms with E-state index in [1.54, 1.807) is 25.1 Å². The summed E-state index contributed by atoms with van der Waals surface area (Å²) >= 11 is 0. The zero-order valence-corrected chi connectivity index (χ0v) is 17.5. The van der Waals surface area contributed by atoms with Gasteiger partial charge in [0.1, 0.15) is 11.6 Å². The molecule has 7 heteroatoms. The van der Waals surface area contributed by atoms with Gasteiger partial charge in [0.2, 0.25) is 0 Å². The van der Waals surface area contributed by atoms with Crippen molar-refractivity contribution in [3.63, 3.8) is 0 Å². The first-order chi connectivity index (χ1) is 13.8. The van der Waals surface area contributed by atoms with Crippen molar-refractivity contribution in [3.8, 4) is 5.75 Å². The summed E-state index contributed by atoms with van der Waals surface area (Å²) in [5.41, 5.74) is 1.51. The minimum Gasteiger partial charge on any atom is -0.481 e. The third-order valence-electron chi connectivity index (χ3n) is 5.22. The van der Waals surface area contributed by atoms with E-state index < -0.39 is 27.8 Å². The van der Waals surface area contributed by atoms with E-state index >= 15 is 0 Å². The number of hydrogen-bond acceptors (Lipinski definition) is 4. The summed E-state index contributed by atoms with van der Waals surface area (Å²) in [6.45, 7) is 3.69. The first-order valence-corrected chi connectivity index (χ1v) is 11.6. The molecule has 3 rings (SSSR count). The Balaban J connectivity index is 1.79. The minimum atomic E-state index is -3.20. The van der Waals surface area contributed by atoms with Crippen LogP contribution >= 0.6 is 0 Å². The van der Waals surface area contributed by atoms with Gasteiger partial charge in [-0.1, -0.05) is 37.3 Å². The summed E-state index contributed by atoms with van der Waals surface area (Å²) in [5.74, 6) is -0.282. The lowest BCUT2D eigenvalue weighted by Crippen LogP contribution is -2.46. The number of ether oxygens (including phenoxy) is 1. The van der Waals surface area contributed by atoms with Gasteiger partial charge in [0.25, 0.3) is 5.91 Å². The maximum absolute atomic E-state index is 14.2. The van der Waals surface area contributed by atoms with Crippen LogP contribution in [0.15, 0.2) is 48.5 Å². The summed E-state index contributed by atoms with van der Waals surface area (Å²) in [6, 6.07) is 13.2. The Morgan fingerprint density at radius 3 is 2.48 bits per heavy atom. The molecule has 0 aromatic heterocycles. The van der Waals surface area contributed by atoms with Crippen molar-refractivity contribution in [2.45, 2.75) is 45.4 Å². The molecule has 2 atom stereocenters. The number of benzene rings is 2. The zero-order chi connectivity index (χ0) is 21.0. The van der Waals surface area contributed by atoms with Crippen LogP contribution in [-0.4, -0.2) is 42.9 Å². The molecule has 1 aliphatic rings. The normalized spacial score (nSPS) is 18.9. The molecular weight excluding hydrogens is 393 g/mol. The number of nitrogens with zero attached hydrogens (tertiary/aromatic N) is 1. The van der Waals surface area contributed by atoms with Gasteiger partial charge in [0, 0.05) is 18.2 Å². The second-order valence-corrected chi connectivity index (χ2v) is 9.60. The maximum atomic E-state index is 14.2. The minimum absolute atomic E-state index is 0.00810. The molecule has 2 aromatic rings. The Morgan fingerprint density at radius 1 is 1.21 bits per heavy atom. The van der Waals surface area contributed by atoms with E-state index in [9.17, 15) is 17.6 Å². The SMILES string of the molecule is CCc1ccc(OC(C)C(=O)N(Cc2ccccc2F)C2CCS(=O)(=O)C2)cc1. The van der Waals surface area contributed by atoms with Crippen molar-refractivity contribution in [2.24, 2.45) is 0 Å². The zero-order valence-electron chi connectivity index (χ0n) is 16.7. The lowest BCUT2D eigenvalue weighted by molar-refractivity contribution is -0.140. The van der Waals surface area contributed by atoms with E-state index in [1.165, 1.54) is 11.0 Å². The first kappa shape index (κ1) is 21.3. The molecule has 0 N–H and O–H groups in total. The Morgan fingerprint density at radius 2 is 1.90 bits per heavy atom. The van der Waals surface area contributed by atoms with Crippen LogP contribution in [0.1, 0.15) is 31.4 Å². The molecule has 156 valence electrons. The number of rotatable bonds is 7. The number of halogens is 1. The fourth-order valence-corrected chi connectivity index (χ4v) is 5.24. The van der Waals surface area contributed by atoms with Crippen LogP contribution in [-0.2, 0) is 27.6 Å². The van der Waals surface area contributed by atoms with Crippen LogP contribution in [0.3, 0.4) is 0 Å². The highest BCUT2D eigenvalue weighted by Gasteiger charge is 2.37. The molecule has 1 heterocycles. The highest BCUT2D eigenvalue weighted by molar-refractivity contribution is 7.91. The van der Waals surface area contributed by atoms with Crippen molar-refractivity contribution in [1.82, 2.24) is 4.90 Å². The molecule has 0 spiro atoms. The molecule has 2 aromatic carbocycles. The molecule has 0 saturated carbocycles. The molecule has 1 aliphatic heterocycles. The van der Waals surface area contributed by atoms with Gasteiger partial charge in [-0.15, -0.1) is 0 Å². The van der Waals surface area contributed by atoms with Crippen molar-refractivity contribution >= 4 is 15.7 Å². The molecule has 1 saturated heterocycles. The van der Waals surface area contributed by atoms with Gasteiger partial charge in [-0.25, -0.2) is 12.8 Å². The molecule has 5 nitrogen and oxygen atoms in total. The number of hydrogen-bond donors (Lipinski definition) is 0. The predicted octanol–water partition coefficient (Wildman–Crippen LogP) is 3.37. The highest BCUT2D eigenvalue weighted by atomic mass is 32.2. The van der Waals surface area contributed by atoms with E-state index in [0.717, 1.165) is 12.0 Å². The standard InChI is InChI=1S/C22H26FNO4S/c1-3-17-8-10-20(11-9-17)28-16(2)22(25)24(19-12-13-29(26,27)15-19)14-18-6-4-5-7-21(18)23/h4-11,16,19H,3,12-15H2,1-2H3. The number of carbonyl (C=O) groups excluding carboxylic acids is 1. The quantitative estimate of drug-likeness (QED) is 0.690. The number of amides is 1. The molecule has 1 fully saturated rings. The highest BCUT2D eigenvalue weighted by Crippen LogP contribution is 2.23. The Hall–Kier alpha value is -2.41. The fourth-order valence-electron chi connectivity index (χ4n) is 3.51. The van der Waals surface area contributed by atoms with Crippen molar-refractivity contribution < 1.29 is 22.3 Å². The van der Waals surface area contributed by atoms with Crippen molar-refractivity contribution in [2.75, 3.05) is 11.5 Å². The van der Waals surface area contributed by atoms with Gasteiger partial charge in [-0.2, -0.15) is 0 Å². The molecule has 1 amide bonds. The molecule has 0 aliphatic carbocycles. The van der Waals surface area contributed by atoms with Crippen molar-refractivity contribution in [3.05, 3.63) is 65.5 Å².